The average Bonchev–Trinajstić information content (AvgIpc) is 2.61. The van der Waals surface area contributed by atoms with Gasteiger partial charge >= 0.3 is 0 Å². The molecule has 0 bridgehead atoms. The third-order valence-electron chi connectivity index (χ3n) is 2.47. The molecule has 0 amide bonds. The van der Waals surface area contributed by atoms with Gasteiger partial charge in [-0.2, -0.15) is 4.37 Å². The second kappa shape index (κ2) is 4.57. The van der Waals surface area contributed by atoms with Crippen LogP contribution in [0.4, 0.5) is 0 Å². The van der Waals surface area contributed by atoms with Crippen molar-refractivity contribution in [2.45, 2.75) is 25.7 Å². The van der Waals surface area contributed by atoms with Crippen LogP contribution in [-0.4, -0.2) is 17.3 Å². The van der Waals surface area contributed by atoms with Crippen molar-refractivity contribution in [2.75, 3.05) is 7.11 Å². The number of methoxy groups -OCH3 is 1. The van der Waals surface area contributed by atoms with Gasteiger partial charge in [0.05, 0.1) is 12.0 Å². The van der Waals surface area contributed by atoms with Crippen LogP contribution in [0.25, 0.3) is 5.57 Å². The molecule has 1 aliphatic carbocycles. The maximum absolute atomic E-state index is 11.4. The molecule has 0 saturated carbocycles. The van der Waals surface area contributed by atoms with Crippen molar-refractivity contribution in [3.05, 3.63) is 17.0 Å². The Morgan fingerprint density at radius 1 is 1.40 bits per heavy atom. The molecule has 1 aromatic rings. The van der Waals surface area contributed by atoms with Crippen LogP contribution in [0.15, 0.2) is 12.1 Å². The second-order valence-electron chi connectivity index (χ2n) is 3.58. The number of hydrogen-bond acceptors (Lipinski definition) is 4. The van der Waals surface area contributed by atoms with Crippen molar-refractivity contribution < 1.29 is 9.53 Å². The van der Waals surface area contributed by atoms with Crippen LogP contribution in [-0.2, 0) is 4.79 Å². The molecule has 0 fully saturated rings. The molecule has 0 aromatic carbocycles. The van der Waals surface area contributed by atoms with Crippen LogP contribution >= 0.6 is 11.5 Å². The highest BCUT2D eigenvalue weighted by molar-refractivity contribution is 7.07. The molecule has 0 aliphatic heterocycles. The zero-order valence-electron chi connectivity index (χ0n) is 8.66. The predicted molar refractivity (Wildman–Crippen MR) is 60.1 cm³/mol. The predicted octanol–water partition coefficient (Wildman–Crippen LogP) is 2.68. The fourth-order valence-electron chi connectivity index (χ4n) is 1.65. The minimum Gasteiger partial charge on any atom is -0.480 e. The number of hydrogen-bond donors (Lipinski definition) is 0. The summed E-state index contributed by atoms with van der Waals surface area (Å²) in [4.78, 5) is 12.5. The first-order chi connectivity index (χ1) is 7.29. The van der Waals surface area contributed by atoms with E-state index >= 15 is 0 Å². The first-order valence-electron chi connectivity index (χ1n) is 5.04. The highest BCUT2D eigenvalue weighted by Crippen LogP contribution is 2.29. The van der Waals surface area contributed by atoms with Gasteiger partial charge < -0.3 is 4.74 Å². The third-order valence-corrected chi connectivity index (χ3v) is 3.32. The fourth-order valence-corrected chi connectivity index (χ4v) is 2.40. The Morgan fingerprint density at radius 2 is 2.20 bits per heavy atom. The van der Waals surface area contributed by atoms with Crippen LogP contribution in [0.1, 0.15) is 30.6 Å². The Kier molecular flexibility index (Phi) is 3.16. The average molecular weight is 223 g/mol. The van der Waals surface area contributed by atoms with Crippen molar-refractivity contribution in [1.29, 1.82) is 0 Å². The molecule has 0 spiro atoms. The van der Waals surface area contributed by atoms with Gasteiger partial charge in [0.1, 0.15) is 0 Å². The van der Waals surface area contributed by atoms with E-state index in [9.17, 15) is 4.79 Å². The molecule has 15 heavy (non-hydrogen) atoms. The summed E-state index contributed by atoms with van der Waals surface area (Å²) in [5, 5.41) is 0. The molecule has 3 nitrogen and oxygen atoms in total. The number of allylic oxidation sites excluding steroid dienone is 2. The van der Waals surface area contributed by atoms with E-state index in [1.807, 2.05) is 6.07 Å². The Bertz CT molecular complexity index is 395. The van der Waals surface area contributed by atoms with E-state index in [1.165, 1.54) is 11.5 Å². The zero-order valence-corrected chi connectivity index (χ0v) is 9.47. The van der Waals surface area contributed by atoms with E-state index in [2.05, 4.69) is 4.37 Å². The van der Waals surface area contributed by atoms with Gasteiger partial charge in [-0.25, -0.2) is 0 Å². The number of rotatable bonds is 2. The Labute approximate surface area is 92.9 Å². The van der Waals surface area contributed by atoms with Gasteiger partial charge in [-0.15, -0.1) is 0 Å². The van der Waals surface area contributed by atoms with Gasteiger partial charge in [0.25, 0.3) is 0 Å². The molecule has 80 valence electrons. The molecule has 1 aromatic heterocycles. The maximum Gasteiger partial charge on any atom is 0.225 e. The minimum atomic E-state index is 0.231. The van der Waals surface area contributed by atoms with E-state index < -0.39 is 0 Å². The van der Waals surface area contributed by atoms with Gasteiger partial charge in [0.2, 0.25) is 5.88 Å². The molecule has 4 heteroatoms. The molecule has 0 unspecified atom stereocenters. The lowest BCUT2D eigenvalue weighted by molar-refractivity contribution is -0.114. The molecule has 0 N–H and O–H groups in total. The summed E-state index contributed by atoms with van der Waals surface area (Å²) in [5.74, 6) is 0.863. The van der Waals surface area contributed by atoms with Crippen molar-refractivity contribution in [3.8, 4) is 5.88 Å². The van der Waals surface area contributed by atoms with Gasteiger partial charge in [-0.1, -0.05) is 0 Å². The van der Waals surface area contributed by atoms with Gasteiger partial charge in [-0.05, 0) is 42.4 Å². The fraction of sp³-hybridized carbons (Fsp3) is 0.455. The Hall–Kier alpha value is -1.16. The van der Waals surface area contributed by atoms with Gasteiger partial charge in [-0.3, -0.25) is 4.79 Å². The second-order valence-corrected chi connectivity index (χ2v) is 4.38. The summed E-state index contributed by atoms with van der Waals surface area (Å²) in [7, 11) is 1.60. The monoisotopic (exact) mass is 223 g/mol. The molecule has 0 saturated heterocycles. The first-order valence-corrected chi connectivity index (χ1v) is 5.81. The molecule has 1 aliphatic rings. The summed E-state index contributed by atoms with van der Waals surface area (Å²) in [6.07, 6.45) is 5.49. The van der Waals surface area contributed by atoms with Crippen molar-refractivity contribution >= 4 is 22.9 Å². The summed E-state index contributed by atoms with van der Waals surface area (Å²) >= 11 is 1.40. The standard InChI is InChI=1S/C11H13NO2S/c1-14-11-7-10(15-12-11)8-4-2-3-5-9(13)6-8/h6-7H,2-5H2,1H3. The number of nitrogens with zero attached hydrogens (tertiary/aromatic N) is 1. The number of carbonyl (C=O) groups excluding carboxylic acids is 1. The largest absolute Gasteiger partial charge is 0.480 e. The first kappa shape index (κ1) is 10.4. The number of ketones is 1. The van der Waals surface area contributed by atoms with Crippen LogP contribution in [0.2, 0.25) is 0 Å². The lowest BCUT2D eigenvalue weighted by Crippen LogP contribution is -1.89. The number of aromatic nitrogens is 1. The molecule has 0 radical (unpaired) electrons. The van der Waals surface area contributed by atoms with Crippen LogP contribution in [0.3, 0.4) is 0 Å². The molecule has 2 rings (SSSR count). The van der Waals surface area contributed by atoms with E-state index in [0.717, 1.165) is 29.7 Å². The highest BCUT2D eigenvalue weighted by atomic mass is 32.1. The summed E-state index contributed by atoms with van der Waals surface area (Å²) < 4.78 is 9.16. The van der Waals surface area contributed by atoms with Gasteiger partial charge in [0.15, 0.2) is 5.78 Å². The Balaban J connectivity index is 2.24. The van der Waals surface area contributed by atoms with Gasteiger partial charge in [0, 0.05) is 12.5 Å². The summed E-state index contributed by atoms with van der Waals surface area (Å²) in [6.45, 7) is 0. The molecule has 1 heterocycles. The smallest absolute Gasteiger partial charge is 0.225 e. The van der Waals surface area contributed by atoms with E-state index in [0.29, 0.717) is 12.3 Å². The molecular weight excluding hydrogens is 210 g/mol. The number of carbonyl (C=O) groups is 1. The van der Waals surface area contributed by atoms with Crippen LogP contribution in [0.5, 0.6) is 5.88 Å². The lowest BCUT2D eigenvalue weighted by atomic mass is 10.1. The van der Waals surface area contributed by atoms with Crippen molar-refractivity contribution in [2.24, 2.45) is 0 Å². The number of ether oxygens (including phenoxy) is 1. The van der Waals surface area contributed by atoms with Crippen molar-refractivity contribution in [3.63, 3.8) is 0 Å². The molecular formula is C11H13NO2S. The quantitative estimate of drug-likeness (QED) is 0.773. The zero-order chi connectivity index (χ0) is 10.7. The van der Waals surface area contributed by atoms with Crippen LogP contribution in [0, 0.1) is 0 Å². The Morgan fingerprint density at radius 3 is 2.93 bits per heavy atom. The maximum atomic E-state index is 11.4. The summed E-state index contributed by atoms with van der Waals surface area (Å²) in [5.41, 5.74) is 1.11. The van der Waals surface area contributed by atoms with Crippen molar-refractivity contribution in [1.82, 2.24) is 4.37 Å². The topological polar surface area (TPSA) is 39.2 Å². The van der Waals surface area contributed by atoms with E-state index in [-0.39, 0.29) is 5.78 Å². The summed E-state index contributed by atoms with van der Waals surface area (Å²) in [6, 6.07) is 1.90. The van der Waals surface area contributed by atoms with E-state index in [4.69, 9.17) is 4.74 Å². The minimum absolute atomic E-state index is 0.231. The highest BCUT2D eigenvalue weighted by Gasteiger charge is 2.12. The lowest BCUT2D eigenvalue weighted by Gasteiger charge is -1.98. The molecule has 0 atom stereocenters. The normalized spacial score (nSPS) is 17.1. The van der Waals surface area contributed by atoms with E-state index in [1.54, 1.807) is 13.2 Å². The van der Waals surface area contributed by atoms with Crippen LogP contribution < -0.4 is 4.74 Å². The third kappa shape index (κ3) is 2.45. The SMILES string of the molecule is COc1cc(C2=CC(=O)CCCC2)sn1.